The molecule has 0 aromatic heterocycles. The molecule has 1 amide bonds. The Morgan fingerprint density at radius 3 is 2.10 bits per heavy atom. The second-order valence-corrected chi connectivity index (χ2v) is 7.13. The topological polar surface area (TPSA) is 66.8 Å². The average molecular weight is 285 g/mol. The minimum absolute atomic E-state index is 0.324. The Morgan fingerprint density at radius 2 is 1.80 bits per heavy atom. The number of likely N-dealkylation sites (N-methyl/N-ethyl adjacent to an activating group) is 1. The van der Waals surface area contributed by atoms with Crippen molar-refractivity contribution in [1.29, 1.82) is 0 Å². The highest BCUT2D eigenvalue weighted by Gasteiger charge is 2.60. The van der Waals surface area contributed by atoms with Crippen molar-refractivity contribution in [2.24, 2.45) is 5.41 Å². The molecule has 5 heteroatoms. The number of rotatable bonds is 3. The van der Waals surface area contributed by atoms with E-state index in [0.29, 0.717) is 13.0 Å². The lowest BCUT2D eigenvalue weighted by Crippen LogP contribution is -2.63. The molecular formula is C15H27NO4. The van der Waals surface area contributed by atoms with Gasteiger partial charge in [-0.05, 0) is 52.4 Å². The van der Waals surface area contributed by atoms with Crippen LogP contribution in [-0.4, -0.2) is 39.8 Å². The summed E-state index contributed by atoms with van der Waals surface area (Å²) in [7, 11) is 0. The van der Waals surface area contributed by atoms with Crippen LogP contribution in [0.4, 0.5) is 4.79 Å². The molecule has 1 atom stereocenters. The highest BCUT2D eigenvalue weighted by Crippen LogP contribution is 2.50. The summed E-state index contributed by atoms with van der Waals surface area (Å²) in [5, 5.41) is 9.80. The number of carbonyl (C=O) groups is 2. The van der Waals surface area contributed by atoms with Crippen molar-refractivity contribution in [3.05, 3.63) is 0 Å². The van der Waals surface area contributed by atoms with Crippen molar-refractivity contribution >= 4 is 12.1 Å². The summed E-state index contributed by atoms with van der Waals surface area (Å²) >= 11 is 0. The molecule has 5 nitrogen and oxygen atoms in total. The lowest BCUT2D eigenvalue weighted by atomic mass is 9.73. The number of carbonyl (C=O) groups excluding carboxylic acids is 1. The highest BCUT2D eigenvalue weighted by molar-refractivity contribution is 5.86. The Bertz CT molecular complexity index is 397. The van der Waals surface area contributed by atoms with E-state index in [2.05, 4.69) is 0 Å². The number of hydrogen-bond acceptors (Lipinski definition) is 3. The number of aliphatic carboxylic acids is 1. The Kier molecular flexibility index (Phi) is 4.42. The van der Waals surface area contributed by atoms with Crippen LogP contribution in [0.25, 0.3) is 0 Å². The number of ether oxygens (including phenoxy) is 1. The predicted octanol–water partition coefficient (Wildman–Crippen LogP) is 3.28. The first-order chi connectivity index (χ1) is 8.98. The van der Waals surface area contributed by atoms with Crippen LogP contribution >= 0.6 is 0 Å². The van der Waals surface area contributed by atoms with Crippen molar-refractivity contribution < 1.29 is 19.4 Å². The summed E-state index contributed by atoms with van der Waals surface area (Å²) in [6.07, 6.45) is 1.52. The van der Waals surface area contributed by atoms with Crippen molar-refractivity contribution in [2.45, 2.75) is 71.9 Å². The summed E-state index contributed by atoms with van der Waals surface area (Å²) in [4.78, 5) is 25.8. The quantitative estimate of drug-likeness (QED) is 0.864. The fourth-order valence-corrected chi connectivity index (χ4v) is 3.22. The van der Waals surface area contributed by atoms with Gasteiger partial charge in [0.25, 0.3) is 0 Å². The molecule has 1 aliphatic carbocycles. The van der Waals surface area contributed by atoms with Gasteiger partial charge in [0.05, 0.1) is 0 Å². The Morgan fingerprint density at radius 1 is 1.25 bits per heavy atom. The van der Waals surface area contributed by atoms with Crippen LogP contribution in [0.1, 0.15) is 60.8 Å². The molecule has 116 valence electrons. The molecule has 1 rings (SSSR count). The summed E-state index contributed by atoms with van der Waals surface area (Å²) in [5.74, 6) is -0.937. The first-order valence-electron chi connectivity index (χ1n) is 7.22. The second kappa shape index (κ2) is 5.26. The molecule has 0 aliphatic heterocycles. The van der Waals surface area contributed by atoms with E-state index in [1.54, 1.807) is 27.7 Å². The lowest BCUT2D eigenvalue weighted by molar-refractivity contribution is -0.158. The third kappa shape index (κ3) is 2.76. The zero-order valence-electron chi connectivity index (χ0n) is 13.4. The van der Waals surface area contributed by atoms with Crippen LogP contribution < -0.4 is 0 Å². The monoisotopic (exact) mass is 285 g/mol. The molecule has 0 heterocycles. The lowest BCUT2D eigenvalue weighted by Gasteiger charge is -2.46. The van der Waals surface area contributed by atoms with Gasteiger partial charge in [0.2, 0.25) is 0 Å². The fraction of sp³-hybridized carbons (Fsp3) is 0.867. The maximum absolute atomic E-state index is 12.4. The number of carboxylic acids is 1. The van der Waals surface area contributed by atoms with Gasteiger partial charge in [0.1, 0.15) is 11.1 Å². The first-order valence-corrected chi connectivity index (χ1v) is 7.22. The zero-order valence-corrected chi connectivity index (χ0v) is 13.4. The van der Waals surface area contributed by atoms with Gasteiger partial charge in [-0.15, -0.1) is 0 Å². The third-order valence-electron chi connectivity index (χ3n) is 4.20. The van der Waals surface area contributed by atoms with Crippen LogP contribution in [0.15, 0.2) is 0 Å². The van der Waals surface area contributed by atoms with Crippen LogP contribution in [0.2, 0.25) is 0 Å². The van der Waals surface area contributed by atoms with Gasteiger partial charge in [-0.25, -0.2) is 9.59 Å². The zero-order chi connectivity index (χ0) is 15.8. The van der Waals surface area contributed by atoms with Crippen LogP contribution in [0.5, 0.6) is 0 Å². The molecule has 0 aromatic rings. The van der Waals surface area contributed by atoms with Gasteiger partial charge in [0, 0.05) is 6.54 Å². The SMILES string of the molecule is CCN(C(=O)OC(C)(C)C)C1(C(=O)O)CCCC1(C)C. The van der Waals surface area contributed by atoms with E-state index in [4.69, 9.17) is 4.74 Å². The standard InChI is InChI=1S/C15H27NO4/c1-7-16(12(19)20-13(2,3)4)15(11(17)18)10-8-9-14(15,5)6/h7-10H2,1-6H3,(H,17,18). The second-order valence-electron chi connectivity index (χ2n) is 7.13. The molecule has 0 aromatic carbocycles. The Balaban J connectivity index is 3.19. The smallest absolute Gasteiger partial charge is 0.411 e. The molecule has 0 bridgehead atoms. The summed E-state index contributed by atoms with van der Waals surface area (Å²) in [5.41, 5.74) is -2.28. The molecule has 20 heavy (non-hydrogen) atoms. The van der Waals surface area contributed by atoms with Gasteiger partial charge >= 0.3 is 12.1 Å². The molecule has 0 saturated heterocycles. The molecule has 1 aliphatic rings. The Labute approximate surface area is 121 Å². The van der Waals surface area contributed by atoms with Crippen molar-refractivity contribution in [1.82, 2.24) is 4.90 Å². The molecule has 0 radical (unpaired) electrons. The van der Waals surface area contributed by atoms with Crippen molar-refractivity contribution in [3.8, 4) is 0 Å². The van der Waals surface area contributed by atoms with Crippen molar-refractivity contribution in [2.75, 3.05) is 6.54 Å². The highest BCUT2D eigenvalue weighted by atomic mass is 16.6. The minimum atomic E-state index is -1.18. The predicted molar refractivity (Wildman–Crippen MR) is 76.6 cm³/mol. The molecule has 1 unspecified atom stereocenters. The van der Waals surface area contributed by atoms with E-state index in [1.807, 2.05) is 13.8 Å². The summed E-state index contributed by atoms with van der Waals surface area (Å²) in [6, 6.07) is 0. The average Bonchev–Trinajstić information content (AvgIpc) is 2.54. The molecular weight excluding hydrogens is 258 g/mol. The van der Waals surface area contributed by atoms with Gasteiger partial charge in [-0.3, -0.25) is 4.90 Å². The van der Waals surface area contributed by atoms with Gasteiger partial charge < -0.3 is 9.84 Å². The Hall–Kier alpha value is -1.26. The summed E-state index contributed by atoms with van der Waals surface area (Å²) < 4.78 is 5.40. The molecule has 1 fully saturated rings. The van der Waals surface area contributed by atoms with E-state index in [0.717, 1.165) is 12.8 Å². The van der Waals surface area contributed by atoms with Gasteiger partial charge in [0.15, 0.2) is 0 Å². The van der Waals surface area contributed by atoms with E-state index >= 15 is 0 Å². The number of nitrogens with zero attached hydrogens (tertiary/aromatic N) is 1. The minimum Gasteiger partial charge on any atom is -0.479 e. The normalized spacial score (nSPS) is 25.3. The summed E-state index contributed by atoms with van der Waals surface area (Å²) in [6.45, 7) is 11.3. The molecule has 0 spiro atoms. The molecule has 1 saturated carbocycles. The number of hydrogen-bond donors (Lipinski definition) is 1. The van der Waals surface area contributed by atoms with Gasteiger partial charge in [-0.2, -0.15) is 0 Å². The number of amides is 1. The van der Waals surface area contributed by atoms with Crippen LogP contribution in [0, 0.1) is 5.41 Å². The van der Waals surface area contributed by atoms with E-state index < -0.39 is 28.6 Å². The fourth-order valence-electron chi connectivity index (χ4n) is 3.22. The first kappa shape index (κ1) is 16.8. The van der Waals surface area contributed by atoms with E-state index in [1.165, 1.54) is 4.90 Å². The maximum Gasteiger partial charge on any atom is 0.411 e. The van der Waals surface area contributed by atoms with E-state index in [-0.39, 0.29) is 0 Å². The largest absolute Gasteiger partial charge is 0.479 e. The maximum atomic E-state index is 12.4. The third-order valence-corrected chi connectivity index (χ3v) is 4.20. The number of carboxylic acid groups (broad SMARTS) is 1. The van der Waals surface area contributed by atoms with E-state index in [9.17, 15) is 14.7 Å². The van der Waals surface area contributed by atoms with Crippen LogP contribution in [-0.2, 0) is 9.53 Å². The van der Waals surface area contributed by atoms with Gasteiger partial charge in [-0.1, -0.05) is 13.8 Å². The van der Waals surface area contributed by atoms with Crippen molar-refractivity contribution in [3.63, 3.8) is 0 Å². The van der Waals surface area contributed by atoms with Crippen LogP contribution in [0.3, 0.4) is 0 Å². The molecule has 1 N–H and O–H groups in total.